The number of carbonyl (C=O) groups excluding carboxylic acids is 4. The molecular weight excluding hydrogens is 738 g/mol. The summed E-state index contributed by atoms with van der Waals surface area (Å²) in [5.74, 6) is -8.59. The Labute approximate surface area is 338 Å². The van der Waals surface area contributed by atoms with E-state index < -0.39 is 95.9 Å². The Balaban J connectivity index is 1.79. The molecule has 0 aromatic rings. The molecule has 324 valence electrons. The summed E-state index contributed by atoms with van der Waals surface area (Å²) in [6, 6.07) is -1.16. The number of esters is 1. The minimum absolute atomic E-state index is 0.0255. The summed E-state index contributed by atoms with van der Waals surface area (Å²) in [6.45, 7) is 10.6. The number of carbonyl (C=O) groups is 4. The van der Waals surface area contributed by atoms with E-state index in [0.29, 0.717) is 49.7 Å². The van der Waals surface area contributed by atoms with Crippen LogP contribution >= 0.6 is 0 Å². The van der Waals surface area contributed by atoms with Gasteiger partial charge in [-0.05, 0) is 94.6 Å². The van der Waals surface area contributed by atoms with Gasteiger partial charge in [0.2, 0.25) is 5.79 Å². The zero-order valence-corrected chi connectivity index (χ0v) is 35.4. The highest BCUT2D eigenvalue weighted by Gasteiger charge is 2.56. The molecule has 4 aliphatic rings. The third-order valence-corrected chi connectivity index (χ3v) is 13.2. The van der Waals surface area contributed by atoms with Crippen LogP contribution in [0.5, 0.6) is 0 Å². The van der Waals surface area contributed by atoms with Crippen LogP contribution in [-0.2, 0) is 42.9 Å². The Morgan fingerprint density at radius 2 is 1.56 bits per heavy atom. The van der Waals surface area contributed by atoms with Crippen LogP contribution in [0.25, 0.3) is 0 Å². The van der Waals surface area contributed by atoms with Crippen molar-refractivity contribution >= 4 is 23.4 Å². The molecule has 14 nitrogen and oxygen atoms in total. The number of ketones is 2. The number of aliphatic hydroxyl groups is 4. The summed E-state index contributed by atoms with van der Waals surface area (Å²) < 4.78 is 29.6. The minimum atomic E-state index is -2.57. The van der Waals surface area contributed by atoms with E-state index in [1.165, 1.54) is 14.2 Å². The maximum atomic E-state index is 14.3. The van der Waals surface area contributed by atoms with Crippen molar-refractivity contribution in [2.24, 2.45) is 29.6 Å². The zero-order valence-electron chi connectivity index (χ0n) is 35.4. The predicted molar refractivity (Wildman–Crippen MR) is 209 cm³/mol. The number of methoxy groups -OCH3 is 3. The van der Waals surface area contributed by atoms with Gasteiger partial charge in [-0.1, -0.05) is 39.8 Å². The molecule has 0 radical (unpaired) electrons. The number of aliphatic hydroxyl groups excluding tert-OH is 3. The van der Waals surface area contributed by atoms with Gasteiger partial charge in [0, 0.05) is 52.0 Å². The second-order valence-corrected chi connectivity index (χ2v) is 17.2. The Bertz CT molecular complexity index is 1470. The number of piperidine rings is 1. The quantitative estimate of drug-likeness (QED) is 0.173. The first kappa shape index (κ1) is 47.1. The highest BCUT2D eigenvalue weighted by molar-refractivity contribution is 6.39. The fraction of sp³-hybridized carbons (Fsp3) is 0.814. The average molecular weight is 808 g/mol. The van der Waals surface area contributed by atoms with E-state index >= 15 is 0 Å². The largest absolute Gasteiger partial charge is 0.456 e. The molecule has 1 amide bonds. The van der Waals surface area contributed by atoms with Crippen molar-refractivity contribution in [2.45, 2.75) is 166 Å². The number of hydrogen-bond acceptors (Lipinski definition) is 13. The zero-order chi connectivity index (χ0) is 42.4. The van der Waals surface area contributed by atoms with Gasteiger partial charge in [0.1, 0.15) is 24.0 Å². The topological polar surface area (TPSA) is 199 Å². The summed E-state index contributed by atoms with van der Waals surface area (Å²) in [5, 5.41) is 45.6. The van der Waals surface area contributed by atoms with E-state index in [2.05, 4.69) is 0 Å². The van der Waals surface area contributed by atoms with Crippen molar-refractivity contribution in [2.75, 3.05) is 27.9 Å². The molecule has 0 aromatic carbocycles. The van der Waals surface area contributed by atoms with Crippen LogP contribution in [0.4, 0.5) is 0 Å². The third kappa shape index (κ3) is 10.8. The molecule has 2 bridgehead atoms. The SMILES string of the molecule is CC[C@@H]1/C=C(/C)[C@@H](O)[C@H](C)C[C@H](OC)[C@H]2O[C@@](O)(C(=O)C(=O)N3CCCC[C@H]3C(=O)O[C@H](/C(C)=C/[C@@H]3CC[C@@H](O)[C@H](OC)C3)[C@@H](C)[C@@H](O)CC1=O)[C@H](C)C[C@@H]2OC. The first-order chi connectivity index (χ1) is 26.9. The van der Waals surface area contributed by atoms with Crippen LogP contribution < -0.4 is 0 Å². The van der Waals surface area contributed by atoms with Crippen molar-refractivity contribution < 1.29 is 63.3 Å². The van der Waals surface area contributed by atoms with E-state index in [4.69, 9.17) is 23.7 Å². The number of nitrogens with zero attached hydrogens (tertiary/aromatic N) is 1. The van der Waals surface area contributed by atoms with Gasteiger partial charge in [0.05, 0.1) is 36.6 Å². The molecule has 3 fully saturated rings. The van der Waals surface area contributed by atoms with E-state index in [-0.39, 0.29) is 50.0 Å². The van der Waals surface area contributed by atoms with Gasteiger partial charge in [-0.2, -0.15) is 0 Å². The molecule has 3 heterocycles. The van der Waals surface area contributed by atoms with Crippen LogP contribution in [0.3, 0.4) is 0 Å². The number of rotatable bonds is 6. The van der Waals surface area contributed by atoms with Crippen molar-refractivity contribution in [1.29, 1.82) is 0 Å². The van der Waals surface area contributed by atoms with Gasteiger partial charge < -0.3 is 49.0 Å². The molecule has 0 spiro atoms. The Morgan fingerprint density at radius 3 is 2.19 bits per heavy atom. The number of cyclic esters (lactones) is 1. The van der Waals surface area contributed by atoms with Gasteiger partial charge in [-0.15, -0.1) is 0 Å². The van der Waals surface area contributed by atoms with Crippen molar-refractivity contribution in [3.8, 4) is 0 Å². The maximum Gasteiger partial charge on any atom is 0.329 e. The fourth-order valence-corrected chi connectivity index (χ4v) is 9.31. The molecule has 4 N–H and O–H groups in total. The van der Waals surface area contributed by atoms with Gasteiger partial charge >= 0.3 is 5.97 Å². The van der Waals surface area contributed by atoms with Crippen LogP contribution in [0, 0.1) is 29.6 Å². The monoisotopic (exact) mass is 807 g/mol. The Hall–Kier alpha value is -2.56. The molecule has 0 aromatic heterocycles. The fourth-order valence-electron chi connectivity index (χ4n) is 9.31. The molecule has 2 saturated heterocycles. The second kappa shape index (κ2) is 20.6. The maximum absolute atomic E-state index is 14.3. The molecule has 1 aliphatic carbocycles. The predicted octanol–water partition coefficient (Wildman–Crippen LogP) is 3.44. The van der Waals surface area contributed by atoms with Crippen molar-refractivity contribution in [3.05, 3.63) is 23.3 Å². The summed E-state index contributed by atoms with van der Waals surface area (Å²) in [5.41, 5.74) is 1.19. The van der Waals surface area contributed by atoms with Crippen LogP contribution in [0.15, 0.2) is 23.3 Å². The van der Waals surface area contributed by atoms with E-state index in [0.717, 1.165) is 4.90 Å². The smallest absolute Gasteiger partial charge is 0.329 e. The lowest BCUT2D eigenvalue weighted by Crippen LogP contribution is -2.64. The first-order valence-electron chi connectivity index (χ1n) is 20.9. The normalized spacial score (nSPS) is 42.4. The molecule has 57 heavy (non-hydrogen) atoms. The number of Topliss-reactive ketones (excluding diaryl/α,β-unsaturated/α-hetero) is 2. The van der Waals surface area contributed by atoms with Crippen molar-refractivity contribution in [1.82, 2.24) is 4.90 Å². The first-order valence-corrected chi connectivity index (χ1v) is 20.9. The molecule has 3 aliphatic heterocycles. The molecule has 4 rings (SSSR count). The average Bonchev–Trinajstić information content (AvgIpc) is 3.20. The van der Waals surface area contributed by atoms with Crippen LogP contribution in [-0.4, -0.2) is 137 Å². The summed E-state index contributed by atoms with van der Waals surface area (Å²) >= 11 is 0. The minimum Gasteiger partial charge on any atom is -0.456 e. The molecule has 15 atom stereocenters. The van der Waals surface area contributed by atoms with Gasteiger partial charge in [-0.3, -0.25) is 14.4 Å². The molecule has 1 saturated carbocycles. The number of hydrogen-bond donors (Lipinski definition) is 4. The van der Waals surface area contributed by atoms with Gasteiger partial charge in [0.15, 0.2) is 0 Å². The van der Waals surface area contributed by atoms with Crippen LogP contribution in [0.2, 0.25) is 0 Å². The molecular formula is C43H69NO13. The summed E-state index contributed by atoms with van der Waals surface area (Å²) in [7, 11) is 4.49. The number of fused-ring (bicyclic) bond motifs is 3. The van der Waals surface area contributed by atoms with Gasteiger partial charge in [-0.25, -0.2) is 4.79 Å². The summed E-state index contributed by atoms with van der Waals surface area (Å²) in [4.78, 5) is 57.7. The Morgan fingerprint density at radius 1 is 0.912 bits per heavy atom. The van der Waals surface area contributed by atoms with Crippen molar-refractivity contribution in [3.63, 3.8) is 0 Å². The lowest BCUT2D eigenvalue weighted by molar-refractivity contribution is -0.302. The highest BCUT2D eigenvalue weighted by atomic mass is 16.7. The molecule has 14 heteroatoms. The highest BCUT2D eigenvalue weighted by Crippen LogP contribution is 2.39. The standard InChI is InChI=1S/C43H69NO13/c1-10-29-18-23(2)37(48)24(3)19-35(54-8)39-36(55-9)20-26(5)43(52,57-39)40(49)41(50)44-16-12-11-13-30(44)42(51)56-38(27(6)32(46)22-33(29)47)25(4)17-28-14-15-31(45)34(21-28)53-7/h17-18,24,26-32,34-39,45-46,48,52H,10-16,19-22H2,1-9H3/b23-18-,25-17+/t24-,26-,27+,28+,29-,30+,31-,32+,34-,35+,36+,37-,38-,39-,43-/m1/s1. The van der Waals surface area contributed by atoms with E-state index in [1.807, 2.05) is 19.9 Å². The number of ether oxygens (including phenoxy) is 5. The second-order valence-electron chi connectivity index (χ2n) is 17.2. The lowest BCUT2D eigenvalue weighted by atomic mass is 9.81. The lowest BCUT2D eigenvalue weighted by Gasteiger charge is -2.47. The van der Waals surface area contributed by atoms with E-state index in [1.54, 1.807) is 40.9 Å². The third-order valence-electron chi connectivity index (χ3n) is 13.2. The number of allylic oxidation sites excluding steroid dienone is 2. The molecule has 0 unspecified atom stereocenters. The van der Waals surface area contributed by atoms with Crippen LogP contribution in [0.1, 0.15) is 106 Å². The summed E-state index contributed by atoms with van der Waals surface area (Å²) in [6.07, 6.45) is 0.618. The van der Waals surface area contributed by atoms with E-state index in [9.17, 15) is 39.6 Å². The number of amides is 1. The van der Waals surface area contributed by atoms with Gasteiger partial charge in [0.25, 0.3) is 11.7 Å². The Kier molecular flexibility index (Phi) is 17.0.